The molecule has 1 unspecified atom stereocenters. The molecule has 1 heterocycles. The molecule has 1 aromatic carbocycles. The molecule has 2 rings (SSSR count). The summed E-state index contributed by atoms with van der Waals surface area (Å²) in [5.41, 5.74) is 3.99. The Hall–Kier alpha value is -0.840. The normalized spacial score (nSPS) is 12.4. The first-order valence-electron chi connectivity index (χ1n) is 5.15. The van der Waals surface area contributed by atoms with Gasteiger partial charge >= 0.3 is 0 Å². The summed E-state index contributed by atoms with van der Waals surface area (Å²) in [4.78, 5) is 4.22. The van der Waals surface area contributed by atoms with E-state index in [1.165, 1.54) is 0 Å². The van der Waals surface area contributed by atoms with Crippen LogP contribution in [0.2, 0.25) is 15.1 Å². The van der Waals surface area contributed by atoms with E-state index < -0.39 is 6.04 Å². The van der Waals surface area contributed by atoms with Crippen LogP contribution in [0.5, 0.6) is 0 Å². The highest BCUT2D eigenvalue weighted by Gasteiger charge is 2.19. The molecule has 94 valence electrons. The largest absolute Gasteiger partial charge is 0.271 e. The molecule has 0 bridgehead atoms. The van der Waals surface area contributed by atoms with Crippen molar-refractivity contribution in [1.29, 1.82) is 0 Å². The Labute approximate surface area is 120 Å². The summed E-state index contributed by atoms with van der Waals surface area (Å²) >= 11 is 18.2. The van der Waals surface area contributed by atoms with Crippen LogP contribution in [0.4, 0.5) is 0 Å². The summed E-state index contributed by atoms with van der Waals surface area (Å²) < 4.78 is 0. The average molecular weight is 303 g/mol. The van der Waals surface area contributed by atoms with E-state index in [4.69, 9.17) is 40.6 Å². The molecule has 0 aliphatic rings. The van der Waals surface area contributed by atoms with Gasteiger partial charge in [0.25, 0.3) is 0 Å². The fraction of sp³-hybridized carbons (Fsp3) is 0.0833. The van der Waals surface area contributed by atoms with Crippen molar-refractivity contribution in [3.8, 4) is 0 Å². The maximum absolute atomic E-state index is 6.15. The molecule has 0 radical (unpaired) electrons. The number of hydrogen-bond acceptors (Lipinski definition) is 3. The summed E-state index contributed by atoms with van der Waals surface area (Å²) in [5.74, 6) is 5.57. The molecule has 0 amide bonds. The van der Waals surface area contributed by atoms with E-state index in [2.05, 4.69) is 10.4 Å². The predicted octanol–water partition coefficient (Wildman–Crippen LogP) is 3.59. The van der Waals surface area contributed by atoms with Gasteiger partial charge in [-0.3, -0.25) is 10.8 Å². The van der Waals surface area contributed by atoms with E-state index in [0.29, 0.717) is 20.8 Å². The van der Waals surface area contributed by atoms with Crippen molar-refractivity contribution in [2.45, 2.75) is 6.04 Å². The molecule has 3 N–H and O–H groups in total. The Morgan fingerprint density at radius 2 is 1.89 bits per heavy atom. The highest BCUT2D eigenvalue weighted by molar-refractivity contribution is 6.34. The highest BCUT2D eigenvalue weighted by atomic mass is 35.5. The number of hydrogen-bond donors (Lipinski definition) is 2. The van der Waals surface area contributed by atoms with Crippen LogP contribution >= 0.6 is 34.8 Å². The van der Waals surface area contributed by atoms with E-state index in [1.807, 2.05) is 0 Å². The molecule has 6 heteroatoms. The summed E-state index contributed by atoms with van der Waals surface area (Å²) in [6.45, 7) is 0. The van der Waals surface area contributed by atoms with Gasteiger partial charge in [-0.15, -0.1) is 0 Å². The van der Waals surface area contributed by atoms with Crippen LogP contribution in [0.1, 0.15) is 17.3 Å². The first-order valence-corrected chi connectivity index (χ1v) is 6.28. The van der Waals surface area contributed by atoms with Crippen molar-refractivity contribution in [1.82, 2.24) is 10.4 Å². The number of aromatic nitrogens is 1. The minimum atomic E-state index is -0.412. The summed E-state index contributed by atoms with van der Waals surface area (Å²) in [7, 11) is 0. The van der Waals surface area contributed by atoms with Crippen LogP contribution in [-0.2, 0) is 0 Å². The van der Waals surface area contributed by atoms with Crippen LogP contribution in [-0.4, -0.2) is 4.98 Å². The third-order valence-corrected chi connectivity index (χ3v) is 3.40. The average Bonchev–Trinajstić information content (AvgIpc) is 2.36. The lowest BCUT2D eigenvalue weighted by molar-refractivity contribution is 0.621. The molecule has 0 spiro atoms. The van der Waals surface area contributed by atoms with E-state index in [-0.39, 0.29) is 0 Å². The van der Waals surface area contributed by atoms with Crippen molar-refractivity contribution >= 4 is 34.8 Å². The molecule has 3 nitrogen and oxygen atoms in total. The van der Waals surface area contributed by atoms with E-state index >= 15 is 0 Å². The van der Waals surface area contributed by atoms with Crippen molar-refractivity contribution in [3.05, 3.63) is 62.9 Å². The van der Waals surface area contributed by atoms with Gasteiger partial charge < -0.3 is 0 Å². The van der Waals surface area contributed by atoms with Gasteiger partial charge in [-0.05, 0) is 35.9 Å². The van der Waals surface area contributed by atoms with Gasteiger partial charge in [0, 0.05) is 16.2 Å². The number of rotatable bonds is 3. The van der Waals surface area contributed by atoms with Gasteiger partial charge in [0.05, 0.1) is 16.8 Å². The minimum absolute atomic E-state index is 0.412. The molecule has 1 atom stereocenters. The first kappa shape index (κ1) is 13.6. The van der Waals surface area contributed by atoms with Gasteiger partial charge in [0.2, 0.25) is 0 Å². The third kappa shape index (κ3) is 2.76. The van der Waals surface area contributed by atoms with Crippen LogP contribution < -0.4 is 11.3 Å². The van der Waals surface area contributed by atoms with Crippen molar-refractivity contribution in [3.63, 3.8) is 0 Å². The second-order valence-electron chi connectivity index (χ2n) is 3.64. The Morgan fingerprint density at radius 1 is 1.11 bits per heavy atom. The van der Waals surface area contributed by atoms with Crippen molar-refractivity contribution in [2.24, 2.45) is 5.84 Å². The highest BCUT2D eigenvalue weighted by Crippen LogP contribution is 2.32. The van der Waals surface area contributed by atoms with Crippen LogP contribution in [0.15, 0.2) is 36.5 Å². The smallest absolute Gasteiger partial charge is 0.0911 e. The van der Waals surface area contributed by atoms with Gasteiger partial charge in [-0.25, -0.2) is 5.43 Å². The van der Waals surface area contributed by atoms with Crippen molar-refractivity contribution in [2.75, 3.05) is 0 Å². The minimum Gasteiger partial charge on any atom is -0.271 e. The molecular weight excluding hydrogens is 293 g/mol. The lowest BCUT2D eigenvalue weighted by atomic mass is 10.0. The van der Waals surface area contributed by atoms with E-state index in [1.54, 1.807) is 36.5 Å². The van der Waals surface area contributed by atoms with Gasteiger partial charge in [0.15, 0.2) is 0 Å². The Morgan fingerprint density at radius 3 is 2.56 bits per heavy atom. The number of nitrogens with one attached hydrogen (secondary N) is 1. The second kappa shape index (κ2) is 5.87. The molecule has 18 heavy (non-hydrogen) atoms. The van der Waals surface area contributed by atoms with Crippen LogP contribution in [0.25, 0.3) is 0 Å². The van der Waals surface area contributed by atoms with E-state index in [9.17, 15) is 0 Å². The number of pyridine rings is 1. The second-order valence-corrected chi connectivity index (χ2v) is 4.89. The van der Waals surface area contributed by atoms with Gasteiger partial charge in [-0.1, -0.05) is 34.8 Å². The topological polar surface area (TPSA) is 50.9 Å². The lowest BCUT2D eigenvalue weighted by Crippen LogP contribution is -2.30. The monoisotopic (exact) mass is 301 g/mol. The van der Waals surface area contributed by atoms with Crippen LogP contribution in [0.3, 0.4) is 0 Å². The van der Waals surface area contributed by atoms with Gasteiger partial charge in [-0.2, -0.15) is 0 Å². The molecule has 0 saturated heterocycles. The summed E-state index contributed by atoms with van der Waals surface area (Å²) in [5, 5.41) is 1.63. The predicted molar refractivity (Wildman–Crippen MR) is 74.9 cm³/mol. The number of nitrogens with two attached hydrogens (primary N) is 1. The Balaban J connectivity index is 2.52. The number of halogens is 3. The zero-order valence-electron chi connectivity index (χ0n) is 9.20. The number of hydrazine groups is 1. The lowest BCUT2D eigenvalue weighted by Gasteiger charge is -2.18. The summed E-state index contributed by atoms with van der Waals surface area (Å²) in [6.07, 6.45) is 1.64. The fourth-order valence-corrected chi connectivity index (χ4v) is 2.30. The molecule has 0 fully saturated rings. The fourth-order valence-electron chi connectivity index (χ4n) is 1.66. The third-order valence-electron chi connectivity index (χ3n) is 2.50. The SMILES string of the molecule is NNC(c1cc(Cl)ccc1Cl)c1ncccc1Cl. The molecule has 0 aliphatic carbocycles. The zero-order chi connectivity index (χ0) is 13.1. The van der Waals surface area contributed by atoms with E-state index in [0.717, 1.165) is 5.56 Å². The maximum Gasteiger partial charge on any atom is 0.0911 e. The Bertz CT molecular complexity index is 560. The number of nitrogens with zero attached hydrogens (tertiary/aromatic N) is 1. The molecule has 1 aromatic heterocycles. The van der Waals surface area contributed by atoms with Gasteiger partial charge in [0.1, 0.15) is 0 Å². The summed E-state index contributed by atoms with van der Waals surface area (Å²) in [6, 6.07) is 8.23. The molecule has 2 aromatic rings. The quantitative estimate of drug-likeness (QED) is 0.673. The first-order chi connectivity index (χ1) is 8.63. The molecule has 0 aliphatic heterocycles. The van der Waals surface area contributed by atoms with Crippen LogP contribution in [0, 0.1) is 0 Å². The standard InChI is InChI=1S/C12H10Cl3N3/c13-7-3-4-9(14)8(6-7)11(18-16)12-10(15)2-1-5-17-12/h1-6,11,18H,16H2. The van der Waals surface area contributed by atoms with Crippen molar-refractivity contribution < 1.29 is 0 Å². The maximum atomic E-state index is 6.15. The molecule has 0 saturated carbocycles. The number of benzene rings is 1. The molecular formula is C12H10Cl3N3. The Kier molecular flexibility index (Phi) is 4.43. The zero-order valence-corrected chi connectivity index (χ0v) is 11.5.